The van der Waals surface area contributed by atoms with E-state index in [1.165, 1.54) is 11.0 Å². The van der Waals surface area contributed by atoms with Crippen molar-refractivity contribution < 1.29 is 9.90 Å². The molecule has 0 bridgehead atoms. The average Bonchev–Trinajstić information content (AvgIpc) is 2.46. The van der Waals surface area contributed by atoms with Gasteiger partial charge in [0.1, 0.15) is 5.75 Å². The molecule has 4 heteroatoms. The molecule has 1 N–H and O–H groups in total. The van der Waals surface area contributed by atoms with Crippen molar-refractivity contribution in [2.24, 2.45) is 0 Å². The molecule has 2 rings (SSSR count). The first-order valence-corrected chi connectivity index (χ1v) is 6.44. The van der Waals surface area contributed by atoms with Crippen molar-refractivity contribution in [2.45, 2.75) is 0 Å². The fraction of sp³-hybridized carbons (Fsp3) is 0.0625. The van der Waals surface area contributed by atoms with E-state index in [0.29, 0.717) is 10.7 Å². The Morgan fingerprint density at radius 1 is 1.10 bits per heavy atom. The molecule has 20 heavy (non-hydrogen) atoms. The number of hydrogen-bond donors (Lipinski definition) is 1. The summed E-state index contributed by atoms with van der Waals surface area (Å²) in [5.74, 6) is 0.0249. The van der Waals surface area contributed by atoms with Crippen LogP contribution in [0.5, 0.6) is 5.75 Å². The second-order valence-electron chi connectivity index (χ2n) is 4.30. The molecule has 2 aromatic carbocycles. The van der Waals surface area contributed by atoms with Gasteiger partial charge in [-0.05, 0) is 48.0 Å². The third-order valence-corrected chi connectivity index (χ3v) is 3.11. The van der Waals surface area contributed by atoms with Crippen LogP contribution in [0.4, 0.5) is 5.69 Å². The van der Waals surface area contributed by atoms with Gasteiger partial charge in [0.2, 0.25) is 0 Å². The van der Waals surface area contributed by atoms with Crippen molar-refractivity contribution in [1.29, 1.82) is 0 Å². The topological polar surface area (TPSA) is 40.5 Å². The van der Waals surface area contributed by atoms with Crippen molar-refractivity contribution in [1.82, 2.24) is 0 Å². The standard InChI is InChI=1S/C16H14ClNO2/c1-18(14-7-9-15(19)10-8-14)16(20)11-4-12-2-5-13(17)6-3-12/h2-11,19H,1H3/b11-4+. The maximum Gasteiger partial charge on any atom is 0.250 e. The highest BCUT2D eigenvalue weighted by molar-refractivity contribution is 6.30. The summed E-state index contributed by atoms with van der Waals surface area (Å²) in [6.07, 6.45) is 3.23. The molecule has 0 saturated carbocycles. The number of carbonyl (C=O) groups excluding carboxylic acids is 1. The van der Waals surface area contributed by atoms with Crippen molar-refractivity contribution in [2.75, 3.05) is 11.9 Å². The van der Waals surface area contributed by atoms with E-state index in [4.69, 9.17) is 11.6 Å². The number of carbonyl (C=O) groups is 1. The number of anilines is 1. The Morgan fingerprint density at radius 2 is 1.70 bits per heavy atom. The van der Waals surface area contributed by atoms with Crippen LogP contribution in [0.3, 0.4) is 0 Å². The van der Waals surface area contributed by atoms with Crippen LogP contribution in [-0.2, 0) is 4.79 Å². The first-order valence-electron chi connectivity index (χ1n) is 6.06. The predicted octanol–water partition coefficient (Wildman–Crippen LogP) is 3.72. The first-order chi connectivity index (χ1) is 9.56. The lowest BCUT2D eigenvalue weighted by Crippen LogP contribution is -2.23. The second-order valence-corrected chi connectivity index (χ2v) is 4.73. The lowest BCUT2D eigenvalue weighted by atomic mass is 10.2. The van der Waals surface area contributed by atoms with Crippen LogP contribution in [0.1, 0.15) is 5.56 Å². The highest BCUT2D eigenvalue weighted by Crippen LogP contribution is 2.17. The predicted molar refractivity (Wildman–Crippen MR) is 82.0 cm³/mol. The molecule has 0 aliphatic heterocycles. The van der Waals surface area contributed by atoms with E-state index in [1.54, 1.807) is 49.5 Å². The maximum atomic E-state index is 12.0. The minimum atomic E-state index is -0.148. The van der Waals surface area contributed by atoms with Crippen LogP contribution in [0.2, 0.25) is 5.02 Å². The summed E-state index contributed by atoms with van der Waals surface area (Å²) in [7, 11) is 1.68. The second kappa shape index (κ2) is 6.26. The molecule has 102 valence electrons. The number of amides is 1. The third-order valence-electron chi connectivity index (χ3n) is 2.86. The summed E-state index contributed by atoms with van der Waals surface area (Å²) in [6.45, 7) is 0. The average molecular weight is 288 g/mol. The van der Waals surface area contributed by atoms with Gasteiger partial charge in [-0.3, -0.25) is 4.79 Å². The third kappa shape index (κ3) is 3.62. The Hall–Kier alpha value is -2.26. The number of halogens is 1. The van der Waals surface area contributed by atoms with E-state index >= 15 is 0 Å². The van der Waals surface area contributed by atoms with Gasteiger partial charge in [0.15, 0.2) is 0 Å². The van der Waals surface area contributed by atoms with Crippen LogP contribution in [-0.4, -0.2) is 18.1 Å². The molecule has 3 nitrogen and oxygen atoms in total. The quantitative estimate of drug-likeness (QED) is 0.874. The fourth-order valence-corrected chi connectivity index (χ4v) is 1.78. The van der Waals surface area contributed by atoms with Crippen molar-refractivity contribution in [3.8, 4) is 5.75 Å². The number of likely N-dealkylation sites (N-methyl/N-ethyl adjacent to an activating group) is 1. The van der Waals surface area contributed by atoms with Crippen LogP contribution in [0, 0.1) is 0 Å². The fourth-order valence-electron chi connectivity index (χ4n) is 1.66. The number of nitrogens with zero attached hydrogens (tertiary/aromatic N) is 1. The molecule has 0 atom stereocenters. The van der Waals surface area contributed by atoms with Crippen LogP contribution in [0.15, 0.2) is 54.6 Å². The zero-order valence-corrected chi connectivity index (χ0v) is 11.7. The van der Waals surface area contributed by atoms with Gasteiger partial charge in [-0.1, -0.05) is 23.7 Å². The number of hydrogen-bond acceptors (Lipinski definition) is 2. The molecule has 0 aliphatic carbocycles. The molecule has 1 amide bonds. The molecule has 0 aromatic heterocycles. The number of phenolic OH excluding ortho intramolecular Hbond substituents is 1. The Kier molecular flexibility index (Phi) is 4.43. The summed E-state index contributed by atoms with van der Waals surface area (Å²) in [4.78, 5) is 13.5. The van der Waals surface area contributed by atoms with Crippen LogP contribution < -0.4 is 4.90 Å². The van der Waals surface area contributed by atoms with Crippen molar-refractivity contribution in [3.63, 3.8) is 0 Å². The lowest BCUT2D eigenvalue weighted by molar-refractivity contribution is -0.113. The Balaban J connectivity index is 2.07. The van der Waals surface area contributed by atoms with E-state index in [1.807, 2.05) is 12.1 Å². The van der Waals surface area contributed by atoms with Gasteiger partial charge in [0, 0.05) is 23.8 Å². The largest absolute Gasteiger partial charge is 0.508 e. The summed E-state index contributed by atoms with van der Waals surface area (Å²) in [5, 5.41) is 9.89. The monoisotopic (exact) mass is 287 g/mol. The molecule has 2 aromatic rings. The Labute approximate surface area is 122 Å². The SMILES string of the molecule is CN(C(=O)/C=C/c1ccc(Cl)cc1)c1ccc(O)cc1. The van der Waals surface area contributed by atoms with E-state index in [9.17, 15) is 9.90 Å². The molecule has 0 spiro atoms. The van der Waals surface area contributed by atoms with E-state index in [-0.39, 0.29) is 11.7 Å². The van der Waals surface area contributed by atoms with E-state index < -0.39 is 0 Å². The minimum Gasteiger partial charge on any atom is -0.508 e. The maximum absolute atomic E-state index is 12.0. The van der Waals surface area contributed by atoms with Gasteiger partial charge in [-0.25, -0.2) is 0 Å². The molecule has 0 saturated heterocycles. The number of phenols is 1. The van der Waals surface area contributed by atoms with Gasteiger partial charge in [-0.2, -0.15) is 0 Å². The van der Waals surface area contributed by atoms with Gasteiger partial charge >= 0.3 is 0 Å². The molecular formula is C16H14ClNO2. The van der Waals surface area contributed by atoms with Crippen LogP contribution >= 0.6 is 11.6 Å². The number of rotatable bonds is 3. The van der Waals surface area contributed by atoms with Crippen molar-refractivity contribution >= 4 is 29.3 Å². The zero-order valence-electron chi connectivity index (χ0n) is 11.0. The number of aromatic hydroxyl groups is 1. The normalized spacial score (nSPS) is 10.7. The zero-order chi connectivity index (χ0) is 14.5. The summed E-state index contributed by atoms with van der Waals surface area (Å²) in [6, 6.07) is 13.7. The summed E-state index contributed by atoms with van der Waals surface area (Å²) in [5.41, 5.74) is 1.62. The van der Waals surface area contributed by atoms with Crippen molar-refractivity contribution in [3.05, 3.63) is 65.2 Å². The number of benzene rings is 2. The highest BCUT2D eigenvalue weighted by atomic mass is 35.5. The Bertz CT molecular complexity index is 618. The molecule has 0 fully saturated rings. The van der Waals surface area contributed by atoms with Gasteiger partial charge < -0.3 is 10.0 Å². The molecule has 0 heterocycles. The smallest absolute Gasteiger partial charge is 0.250 e. The van der Waals surface area contributed by atoms with Gasteiger partial charge in [-0.15, -0.1) is 0 Å². The van der Waals surface area contributed by atoms with E-state index in [0.717, 1.165) is 5.56 Å². The van der Waals surface area contributed by atoms with Gasteiger partial charge in [0.25, 0.3) is 5.91 Å². The summed E-state index contributed by atoms with van der Waals surface area (Å²) >= 11 is 5.80. The van der Waals surface area contributed by atoms with E-state index in [2.05, 4.69) is 0 Å². The lowest BCUT2D eigenvalue weighted by Gasteiger charge is -2.15. The minimum absolute atomic E-state index is 0.148. The molecule has 0 unspecified atom stereocenters. The Morgan fingerprint density at radius 3 is 2.30 bits per heavy atom. The highest BCUT2D eigenvalue weighted by Gasteiger charge is 2.07. The molecule has 0 aliphatic rings. The van der Waals surface area contributed by atoms with Gasteiger partial charge in [0.05, 0.1) is 0 Å². The first kappa shape index (κ1) is 14.2. The van der Waals surface area contributed by atoms with Crippen LogP contribution in [0.25, 0.3) is 6.08 Å². The summed E-state index contributed by atoms with van der Waals surface area (Å²) < 4.78 is 0. The molecule has 0 radical (unpaired) electrons. The molecular weight excluding hydrogens is 274 g/mol.